The van der Waals surface area contributed by atoms with Crippen molar-refractivity contribution in [2.75, 3.05) is 13.2 Å². The molecular formula is C74H128O6. The van der Waals surface area contributed by atoms with Crippen LogP contribution in [0.5, 0.6) is 0 Å². The fourth-order valence-electron chi connectivity index (χ4n) is 9.67. The summed E-state index contributed by atoms with van der Waals surface area (Å²) in [5.41, 5.74) is 0. The normalized spacial score (nSPS) is 12.7. The predicted octanol–water partition coefficient (Wildman–Crippen LogP) is 23.6. The average molecular weight is 1110 g/mol. The minimum atomic E-state index is -0.783. The first-order valence-corrected chi connectivity index (χ1v) is 34.2. The number of carbonyl (C=O) groups is 3. The topological polar surface area (TPSA) is 78.9 Å². The largest absolute Gasteiger partial charge is 0.462 e. The fraction of sp³-hybridized carbons (Fsp3) is 0.743. The lowest BCUT2D eigenvalue weighted by Crippen LogP contribution is -2.30. The van der Waals surface area contributed by atoms with Gasteiger partial charge < -0.3 is 14.2 Å². The Morgan fingerprint density at radius 2 is 0.487 bits per heavy atom. The van der Waals surface area contributed by atoms with E-state index in [1.165, 1.54) is 180 Å². The number of rotatable bonds is 62. The van der Waals surface area contributed by atoms with Crippen molar-refractivity contribution in [1.29, 1.82) is 0 Å². The molecule has 0 amide bonds. The van der Waals surface area contributed by atoms with Gasteiger partial charge in [0.2, 0.25) is 0 Å². The van der Waals surface area contributed by atoms with Gasteiger partial charge in [0, 0.05) is 19.3 Å². The number of hydrogen-bond donors (Lipinski definition) is 0. The van der Waals surface area contributed by atoms with Gasteiger partial charge in [0.05, 0.1) is 0 Å². The molecule has 6 heteroatoms. The minimum absolute atomic E-state index is 0.0797. The van der Waals surface area contributed by atoms with Gasteiger partial charge in [-0.1, -0.05) is 291 Å². The van der Waals surface area contributed by atoms with Crippen molar-refractivity contribution < 1.29 is 28.6 Å². The summed E-state index contributed by atoms with van der Waals surface area (Å²) in [7, 11) is 0. The van der Waals surface area contributed by atoms with E-state index in [2.05, 4.69) is 118 Å². The van der Waals surface area contributed by atoms with Crippen molar-refractivity contribution in [1.82, 2.24) is 0 Å². The molecular weight excluding hydrogens is 985 g/mol. The van der Waals surface area contributed by atoms with Crippen molar-refractivity contribution in [3.05, 3.63) is 97.2 Å². The van der Waals surface area contributed by atoms with Gasteiger partial charge in [-0.3, -0.25) is 14.4 Å². The van der Waals surface area contributed by atoms with E-state index in [4.69, 9.17) is 14.2 Å². The Morgan fingerprint density at radius 3 is 0.787 bits per heavy atom. The van der Waals surface area contributed by atoms with Crippen molar-refractivity contribution in [2.24, 2.45) is 0 Å². The van der Waals surface area contributed by atoms with Gasteiger partial charge in [-0.25, -0.2) is 0 Å². The molecule has 0 radical (unpaired) electrons. The Morgan fingerprint density at radius 1 is 0.263 bits per heavy atom. The lowest BCUT2D eigenvalue weighted by molar-refractivity contribution is -0.167. The third-order valence-corrected chi connectivity index (χ3v) is 14.8. The third-order valence-electron chi connectivity index (χ3n) is 14.8. The molecule has 0 rings (SSSR count). The molecule has 0 aliphatic carbocycles. The maximum atomic E-state index is 12.9. The van der Waals surface area contributed by atoms with E-state index in [0.29, 0.717) is 19.3 Å². The van der Waals surface area contributed by atoms with E-state index in [9.17, 15) is 14.4 Å². The van der Waals surface area contributed by atoms with Gasteiger partial charge in [-0.15, -0.1) is 0 Å². The number of unbranched alkanes of at least 4 members (excludes halogenated alkanes) is 35. The summed E-state index contributed by atoms with van der Waals surface area (Å²) in [6.07, 6.45) is 91.5. The summed E-state index contributed by atoms with van der Waals surface area (Å²) in [6.45, 7) is 6.52. The van der Waals surface area contributed by atoms with Gasteiger partial charge in [0.1, 0.15) is 13.2 Å². The standard InChI is InChI=1S/C74H128O6/c1-4-7-10-13-16-19-22-25-27-28-29-30-31-32-33-34-35-36-37-38-39-40-41-42-43-44-45-46-47-50-52-55-58-61-64-67-73(76)79-70-71(69-78-72(75)66-63-60-57-54-51-48-24-21-18-15-12-9-6-3)80-74(77)68-65-62-59-56-53-49-26-23-20-17-14-11-8-5-2/h7,10,16,19,21,23-27,29-30,32-33,35-36,71H,4-6,8-9,11-15,17-18,20,22,28,31,34,37-70H2,1-3H3/b10-7-,19-16-,24-21-,26-23-,27-25-,30-29-,33-32-,36-35-. The second-order valence-corrected chi connectivity index (χ2v) is 22.7. The van der Waals surface area contributed by atoms with Gasteiger partial charge in [0.25, 0.3) is 0 Å². The van der Waals surface area contributed by atoms with E-state index in [0.717, 1.165) is 116 Å². The number of carbonyl (C=O) groups excluding carboxylic acids is 3. The highest BCUT2D eigenvalue weighted by atomic mass is 16.6. The quantitative estimate of drug-likeness (QED) is 0.0261. The molecule has 1 atom stereocenters. The molecule has 0 heterocycles. The van der Waals surface area contributed by atoms with Crippen molar-refractivity contribution >= 4 is 17.9 Å². The second kappa shape index (κ2) is 67.8. The van der Waals surface area contributed by atoms with Gasteiger partial charge in [-0.05, 0) is 122 Å². The maximum Gasteiger partial charge on any atom is 0.306 e. The van der Waals surface area contributed by atoms with Crippen LogP contribution in [0.4, 0.5) is 0 Å². The summed E-state index contributed by atoms with van der Waals surface area (Å²) in [5.74, 6) is -0.884. The van der Waals surface area contributed by atoms with Crippen LogP contribution >= 0.6 is 0 Å². The lowest BCUT2D eigenvalue weighted by atomic mass is 10.0. The highest BCUT2D eigenvalue weighted by Gasteiger charge is 2.19. The number of hydrogen-bond acceptors (Lipinski definition) is 6. The molecule has 0 fully saturated rings. The smallest absolute Gasteiger partial charge is 0.306 e. The zero-order chi connectivity index (χ0) is 57.8. The molecule has 6 nitrogen and oxygen atoms in total. The van der Waals surface area contributed by atoms with E-state index < -0.39 is 6.10 Å². The number of allylic oxidation sites excluding steroid dienone is 16. The van der Waals surface area contributed by atoms with Gasteiger partial charge >= 0.3 is 17.9 Å². The monoisotopic (exact) mass is 1110 g/mol. The fourth-order valence-corrected chi connectivity index (χ4v) is 9.67. The molecule has 1 unspecified atom stereocenters. The van der Waals surface area contributed by atoms with Crippen LogP contribution in [0.25, 0.3) is 0 Å². The molecule has 460 valence electrons. The molecule has 80 heavy (non-hydrogen) atoms. The second-order valence-electron chi connectivity index (χ2n) is 22.7. The predicted molar refractivity (Wildman–Crippen MR) is 348 cm³/mol. The van der Waals surface area contributed by atoms with Crippen molar-refractivity contribution in [3.8, 4) is 0 Å². The molecule has 0 aromatic carbocycles. The van der Waals surface area contributed by atoms with Gasteiger partial charge in [0.15, 0.2) is 6.10 Å². The molecule has 0 spiro atoms. The van der Waals surface area contributed by atoms with Crippen LogP contribution < -0.4 is 0 Å². The van der Waals surface area contributed by atoms with E-state index in [1.807, 2.05) is 0 Å². The Labute approximate surface area is 496 Å². The number of ether oxygens (including phenoxy) is 3. The molecule has 0 saturated carbocycles. The van der Waals surface area contributed by atoms with Crippen LogP contribution in [0.2, 0.25) is 0 Å². The molecule has 0 bridgehead atoms. The van der Waals surface area contributed by atoms with Gasteiger partial charge in [-0.2, -0.15) is 0 Å². The highest BCUT2D eigenvalue weighted by molar-refractivity contribution is 5.71. The zero-order valence-electron chi connectivity index (χ0n) is 52.8. The average Bonchev–Trinajstić information content (AvgIpc) is 3.46. The first kappa shape index (κ1) is 76.3. The molecule has 0 aliphatic rings. The Bertz CT molecular complexity index is 1560. The summed E-state index contributed by atoms with van der Waals surface area (Å²) < 4.78 is 16.9. The van der Waals surface area contributed by atoms with Crippen molar-refractivity contribution in [2.45, 2.75) is 341 Å². The first-order chi connectivity index (χ1) is 39.5. The number of esters is 3. The minimum Gasteiger partial charge on any atom is -0.462 e. The first-order valence-electron chi connectivity index (χ1n) is 34.2. The Balaban J connectivity index is 4.13. The van der Waals surface area contributed by atoms with Crippen LogP contribution in [-0.2, 0) is 28.6 Å². The zero-order valence-corrected chi connectivity index (χ0v) is 52.8. The third kappa shape index (κ3) is 65.1. The molecule has 0 N–H and O–H groups in total. The van der Waals surface area contributed by atoms with E-state index in [1.54, 1.807) is 0 Å². The Kier molecular flexibility index (Phi) is 64.7. The van der Waals surface area contributed by atoms with E-state index >= 15 is 0 Å². The van der Waals surface area contributed by atoms with E-state index in [-0.39, 0.29) is 31.1 Å². The molecule has 0 aromatic heterocycles. The van der Waals surface area contributed by atoms with Crippen LogP contribution in [0.1, 0.15) is 335 Å². The summed E-state index contributed by atoms with van der Waals surface area (Å²) in [4.78, 5) is 38.3. The maximum absolute atomic E-state index is 12.9. The van der Waals surface area contributed by atoms with Crippen LogP contribution in [0, 0.1) is 0 Å². The summed E-state index contributed by atoms with van der Waals surface area (Å²) in [6, 6.07) is 0. The van der Waals surface area contributed by atoms with Crippen molar-refractivity contribution in [3.63, 3.8) is 0 Å². The summed E-state index contributed by atoms with van der Waals surface area (Å²) >= 11 is 0. The van der Waals surface area contributed by atoms with Crippen LogP contribution in [-0.4, -0.2) is 37.2 Å². The highest BCUT2D eigenvalue weighted by Crippen LogP contribution is 2.17. The molecule has 0 aliphatic heterocycles. The van der Waals surface area contributed by atoms with Crippen LogP contribution in [0.3, 0.4) is 0 Å². The Hall–Kier alpha value is -3.67. The summed E-state index contributed by atoms with van der Waals surface area (Å²) in [5, 5.41) is 0. The lowest BCUT2D eigenvalue weighted by Gasteiger charge is -2.18. The SMILES string of the molecule is CC/C=C\C/C=C\C/C=C\C/C=C\C/C=C\C/C=C\CCCCCCCCCCCCCCCCCCC(=O)OCC(COC(=O)CCCCCCC/C=C\CCCCCC)OC(=O)CCCCCCC/C=C\CCCCCCC. The molecule has 0 aromatic rings. The van der Waals surface area contributed by atoms with Crippen LogP contribution in [0.15, 0.2) is 97.2 Å². The molecule has 0 saturated heterocycles.